The summed E-state index contributed by atoms with van der Waals surface area (Å²) < 4.78 is 7.15. The summed E-state index contributed by atoms with van der Waals surface area (Å²) in [5.74, 6) is 0.536. The lowest BCUT2D eigenvalue weighted by molar-refractivity contribution is 0.409. The van der Waals surface area contributed by atoms with Crippen molar-refractivity contribution in [2.45, 2.75) is 13.0 Å². The average Bonchev–Trinajstić information content (AvgIpc) is 2.75. The molecule has 0 radical (unpaired) electrons. The molecule has 0 fully saturated rings. The van der Waals surface area contributed by atoms with Gasteiger partial charge in [0.2, 0.25) is 5.88 Å². The summed E-state index contributed by atoms with van der Waals surface area (Å²) >= 11 is 0. The summed E-state index contributed by atoms with van der Waals surface area (Å²) in [5, 5.41) is 7.32. The van der Waals surface area contributed by atoms with E-state index in [0.29, 0.717) is 11.9 Å². The molecular formula is C10H12N6O. The zero-order chi connectivity index (χ0) is 11.7. The van der Waals surface area contributed by atoms with E-state index >= 15 is 0 Å². The number of aromatic nitrogens is 5. The molecule has 0 saturated heterocycles. The van der Waals surface area contributed by atoms with E-state index in [1.165, 1.54) is 6.33 Å². The summed E-state index contributed by atoms with van der Waals surface area (Å²) in [7, 11) is 1.79. The van der Waals surface area contributed by atoms with Gasteiger partial charge in [-0.25, -0.2) is 9.97 Å². The molecule has 3 heterocycles. The van der Waals surface area contributed by atoms with E-state index in [0.717, 1.165) is 30.8 Å². The van der Waals surface area contributed by atoms with Gasteiger partial charge in [0.05, 0.1) is 11.3 Å². The van der Waals surface area contributed by atoms with E-state index < -0.39 is 0 Å². The van der Waals surface area contributed by atoms with Gasteiger partial charge < -0.3 is 10.1 Å². The third-order valence-electron chi connectivity index (χ3n) is 2.60. The molecule has 88 valence electrons. The number of rotatable bonds is 2. The van der Waals surface area contributed by atoms with Crippen molar-refractivity contribution in [2.24, 2.45) is 7.05 Å². The first-order valence-corrected chi connectivity index (χ1v) is 5.40. The van der Waals surface area contributed by atoms with Gasteiger partial charge in [-0.1, -0.05) is 0 Å². The van der Waals surface area contributed by atoms with Crippen LogP contribution in [0.5, 0.6) is 11.9 Å². The zero-order valence-corrected chi connectivity index (χ0v) is 9.42. The highest BCUT2D eigenvalue weighted by molar-refractivity contribution is 5.32. The number of fused-ring (bicyclic) bond motifs is 1. The first-order chi connectivity index (χ1) is 8.33. The van der Waals surface area contributed by atoms with Crippen molar-refractivity contribution >= 4 is 0 Å². The lowest BCUT2D eigenvalue weighted by Crippen LogP contribution is -2.25. The third-order valence-corrected chi connectivity index (χ3v) is 2.60. The maximum atomic E-state index is 5.56. The Labute approximate surface area is 97.9 Å². The predicted molar refractivity (Wildman–Crippen MR) is 58.5 cm³/mol. The second-order valence-electron chi connectivity index (χ2n) is 3.83. The van der Waals surface area contributed by atoms with Crippen molar-refractivity contribution in [1.82, 2.24) is 30.0 Å². The van der Waals surface area contributed by atoms with Crippen molar-refractivity contribution in [2.75, 3.05) is 6.54 Å². The fourth-order valence-corrected chi connectivity index (χ4v) is 1.78. The molecular weight excluding hydrogens is 220 g/mol. The Balaban J connectivity index is 1.92. The Hall–Kier alpha value is -2.02. The van der Waals surface area contributed by atoms with Gasteiger partial charge in [-0.3, -0.25) is 4.68 Å². The minimum absolute atomic E-state index is 0.305. The molecule has 0 bridgehead atoms. The van der Waals surface area contributed by atoms with Crippen molar-refractivity contribution in [1.29, 1.82) is 0 Å². The number of hydrogen-bond donors (Lipinski definition) is 1. The zero-order valence-electron chi connectivity index (χ0n) is 9.42. The molecule has 3 rings (SSSR count). The molecule has 0 saturated carbocycles. The van der Waals surface area contributed by atoms with Crippen LogP contribution in [0.25, 0.3) is 0 Å². The van der Waals surface area contributed by atoms with Crippen LogP contribution >= 0.6 is 0 Å². The molecule has 17 heavy (non-hydrogen) atoms. The highest BCUT2D eigenvalue weighted by atomic mass is 16.5. The second-order valence-corrected chi connectivity index (χ2v) is 3.83. The van der Waals surface area contributed by atoms with Crippen LogP contribution in [-0.4, -0.2) is 31.3 Å². The molecule has 0 unspecified atom stereocenters. The largest absolute Gasteiger partial charge is 0.404 e. The van der Waals surface area contributed by atoms with Gasteiger partial charge >= 0.3 is 6.01 Å². The Bertz CT molecular complexity index is 537. The summed E-state index contributed by atoms with van der Waals surface area (Å²) in [4.78, 5) is 12.4. The standard InChI is InChI=1S/C10H12N6O/c1-16-6-14-10(15-16)17-9-7-4-11-3-2-8(7)12-5-13-9/h5-6,11H,2-4H2,1H3. The molecule has 0 spiro atoms. The van der Waals surface area contributed by atoms with Crippen LogP contribution in [0.1, 0.15) is 11.3 Å². The highest BCUT2D eigenvalue weighted by Gasteiger charge is 2.17. The van der Waals surface area contributed by atoms with E-state index in [9.17, 15) is 0 Å². The summed E-state index contributed by atoms with van der Waals surface area (Å²) in [6.07, 6.45) is 3.99. The first kappa shape index (κ1) is 10.2. The minimum atomic E-state index is 0.305. The molecule has 7 heteroatoms. The highest BCUT2D eigenvalue weighted by Crippen LogP contribution is 2.23. The Morgan fingerprint density at radius 3 is 3.12 bits per heavy atom. The fraction of sp³-hybridized carbons (Fsp3) is 0.400. The molecule has 0 aliphatic carbocycles. The first-order valence-electron chi connectivity index (χ1n) is 5.40. The molecule has 0 amide bonds. The Morgan fingerprint density at radius 1 is 1.35 bits per heavy atom. The number of hydrogen-bond acceptors (Lipinski definition) is 6. The van der Waals surface area contributed by atoms with Gasteiger partial charge in [0.25, 0.3) is 0 Å². The lowest BCUT2D eigenvalue weighted by atomic mass is 10.1. The normalized spacial score (nSPS) is 14.4. The van der Waals surface area contributed by atoms with Crippen molar-refractivity contribution in [3.05, 3.63) is 23.9 Å². The SMILES string of the molecule is Cn1cnc(Oc2ncnc3c2CNCC3)n1. The van der Waals surface area contributed by atoms with Crippen LogP contribution in [0.4, 0.5) is 0 Å². The summed E-state index contributed by atoms with van der Waals surface area (Å²) in [5.41, 5.74) is 2.02. The molecule has 2 aromatic rings. The van der Waals surface area contributed by atoms with Crippen molar-refractivity contribution in [3.8, 4) is 11.9 Å². The lowest BCUT2D eigenvalue weighted by Gasteiger charge is -2.17. The van der Waals surface area contributed by atoms with E-state index in [-0.39, 0.29) is 0 Å². The molecule has 2 aromatic heterocycles. The third kappa shape index (κ3) is 1.96. The van der Waals surface area contributed by atoms with Crippen LogP contribution in [0.3, 0.4) is 0 Å². The number of nitrogens with one attached hydrogen (secondary N) is 1. The molecule has 0 atom stereocenters. The van der Waals surface area contributed by atoms with Crippen LogP contribution in [-0.2, 0) is 20.0 Å². The number of aryl methyl sites for hydroxylation is 1. The Kier molecular flexibility index (Phi) is 2.45. The summed E-state index contributed by atoms with van der Waals surface area (Å²) in [6.45, 7) is 1.66. The van der Waals surface area contributed by atoms with Crippen molar-refractivity contribution in [3.63, 3.8) is 0 Å². The van der Waals surface area contributed by atoms with E-state index in [2.05, 4.69) is 25.4 Å². The molecule has 7 nitrogen and oxygen atoms in total. The Morgan fingerprint density at radius 2 is 2.29 bits per heavy atom. The molecule has 1 aliphatic heterocycles. The quantitative estimate of drug-likeness (QED) is 0.788. The van der Waals surface area contributed by atoms with Gasteiger partial charge in [-0.05, 0) is 0 Å². The van der Waals surface area contributed by atoms with E-state index in [4.69, 9.17) is 4.74 Å². The van der Waals surface area contributed by atoms with Crippen LogP contribution < -0.4 is 10.1 Å². The van der Waals surface area contributed by atoms with E-state index in [1.807, 2.05) is 0 Å². The molecule has 1 N–H and O–H groups in total. The maximum absolute atomic E-state index is 5.56. The smallest absolute Gasteiger partial charge is 0.342 e. The van der Waals surface area contributed by atoms with E-state index in [1.54, 1.807) is 18.1 Å². The second kappa shape index (κ2) is 4.10. The maximum Gasteiger partial charge on any atom is 0.342 e. The molecule has 0 aromatic carbocycles. The average molecular weight is 232 g/mol. The van der Waals surface area contributed by atoms with Gasteiger partial charge in [0.1, 0.15) is 12.7 Å². The van der Waals surface area contributed by atoms with Crippen LogP contribution in [0.2, 0.25) is 0 Å². The van der Waals surface area contributed by atoms with Gasteiger partial charge in [-0.2, -0.15) is 4.98 Å². The van der Waals surface area contributed by atoms with Crippen LogP contribution in [0, 0.1) is 0 Å². The molecule has 1 aliphatic rings. The fourth-order valence-electron chi connectivity index (χ4n) is 1.78. The van der Waals surface area contributed by atoms with Crippen LogP contribution in [0.15, 0.2) is 12.7 Å². The number of nitrogens with zero attached hydrogens (tertiary/aromatic N) is 5. The predicted octanol–water partition coefficient (Wildman–Crippen LogP) is 0.0431. The number of ether oxygens (including phenoxy) is 1. The monoisotopic (exact) mass is 232 g/mol. The van der Waals surface area contributed by atoms with Gasteiger partial charge in [0, 0.05) is 26.6 Å². The summed E-state index contributed by atoms with van der Waals surface area (Å²) in [6, 6.07) is 0.305. The van der Waals surface area contributed by atoms with Gasteiger partial charge in [0.15, 0.2) is 0 Å². The van der Waals surface area contributed by atoms with Crippen molar-refractivity contribution < 1.29 is 4.74 Å². The van der Waals surface area contributed by atoms with Gasteiger partial charge in [-0.15, -0.1) is 5.10 Å². The minimum Gasteiger partial charge on any atom is -0.404 e. The topological polar surface area (TPSA) is 77.8 Å².